The second kappa shape index (κ2) is 7.79. The third-order valence-corrected chi connectivity index (χ3v) is 4.24. The van der Waals surface area contributed by atoms with E-state index in [0.29, 0.717) is 18.2 Å². The molecule has 2 N–H and O–H groups in total. The van der Waals surface area contributed by atoms with E-state index >= 15 is 0 Å². The third kappa shape index (κ3) is 4.35. The first-order valence-corrected chi connectivity index (χ1v) is 8.59. The first-order valence-electron chi connectivity index (χ1n) is 8.59. The van der Waals surface area contributed by atoms with Crippen LogP contribution in [0.15, 0.2) is 66.7 Å². The molecule has 1 atom stereocenters. The van der Waals surface area contributed by atoms with E-state index in [0.717, 1.165) is 16.6 Å². The zero-order valence-electron chi connectivity index (χ0n) is 14.6. The van der Waals surface area contributed by atoms with Gasteiger partial charge in [0.15, 0.2) is 0 Å². The average Bonchev–Trinajstić information content (AvgIpc) is 2.65. The number of anilines is 1. The van der Waals surface area contributed by atoms with Crippen molar-refractivity contribution in [3.05, 3.63) is 72.4 Å². The van der Waals surface area contributed by atoms with Crippen LogP contribution in [0.5, 0.6) is 0 Å². The van der Waals surface area contributed by atoms with Crippen LogP contribution in [0.3, 0.4) is 0 Å². The predicted molar refractivity (Wildman–Crippen MR) is 103 cm³/mol. The van der Waals surface area contributed by atoms with E-state index in [9.17, 15) is 4.79 Å². The van der Waals surface area contributed by atoms with Crippen molar-refractivity contribution >= 4 is 22.5 Å². The van der Waals surface area contributed by atoms with Crippen LogP contribution in [0, 0.1) is 5.92 Å². The number of benzene rings is 2. The van der Waals surface area contributed by atoms with Gasteiger partial charge in [-0.2, -0.15) is 0 Å². The smallest absolute Gasteiger partial charge is 0.269 e. The van der Waals surface area contributed by atoms with Gasteiger partial charge < -0.3 is 10.6 Å². The fourth-order valence-corrected chi connectivity index (χ4v) is 2.69. The molecule has 0 saturated carbocycles. The maximum absolute atomic E-state index is 12.5. The highest BCUT2D eigenvalue weighted by atomic mass is 16.1. The molecule has 0 saturated heterocycles. The normalized spacial score (nSPS) is 12.1. The van der Waals surface area contributed by atoms with Crippen LogP contribution in [0.2, 0.25) is 0 Å². The Labute approximate surface area is 148 Å². The maximum Gasteiger partial charge on any atom is 0.269 e. The maximum atomic E-state index is 12.5. The number of carbonyl (C=O) groups excluding carboxylic acids is 1. The molecular formula is C21H23N3O. The molecule has 2 aromatic carbocycles. The van der Waals surface area contributed by atoms with Gasteiger partial charge in [0.05, 0.1) is 5.52 Å². The number of hydrogen-bond acceptors (Lipinski definition) is 3. The number of rotatable bonds is 6. The summed E-state index contributed by atoms with van der Waals surface area (Å²) >= 11 is 0. The molecule has 0 spiro atoms. The Morgan fingerprint density at radius 1 is 0.960 bits per heavy atom. The van der Waals surface area contributed by atoms with Crippen LogP contribution < -0.4 is 10.6 Å². The van der Waals surface area contributed by atoms with Crippen molar-refractivity contribution in [2.45, 2.75) is 19.9 Å². The second-order valence-corrected chi connectivity index (χ2v) is 6.46. The molecule has 0 aliphatic heterocycles. The zero-order chi connectivity index (χ0) is 17.6. The van der Waals surface area contributed by atoms with Crippen LogP contribution in [0.25, 0.3) is 10.9 Å². The van der Waals surface area contributed by atoms with Gasteiger partial charge in [-0.25, -0.2) is 4.98 Å². The number of nitrogens with zero attached hydrogens (tertiary/aromatic N) is 1. The lowest BCUT2D eigenvalue weighted by atomic mass is 10.0. The molecule has 3 rings (SSSR count). The molecule has 1 aromatic heterocycles. The van der Waals surface area contributed by atoms with Gasteiger partial charge in [0.1, 0.15) is 5.69 Å². The first-order chi connectivity index (χ1) is 12.1. The minimum atomic E-state index is -0.147. The highest BCUT2D eigenvalue weighted by molar-refractivity contribution is 5.94. The molecule has 1 heterocycles. The zero-order valence-corrected chi connectivity index (χ0v) is 14.6. The quantitative estimate of drug-likeness (QED) is 0.714. The molecule has 1 amide bonds. The lowest BCUT2D eigenvalue weighted by molar-refractivity contribution is 0.0945. The van der Waals surface area contributed by atoms with Gasteiger partial charge in [0, 0.05) is 23.7 Å². The molecule has 0 bridgehead atoms. The van der Waals surface area contributed by atoms with Crippen LogP contribution in [0.1, 0.15) is 24.3 Å². The summed E-state index contributed by atoms with van der Waals surface area (Å²) in [6.45, 7) is 4.82. The molecule has 1 unspecified atom stereocenters. The van der Waals surface area contributed by atoms with Crippen molar-refractivity contribution in [1.82, 2.24) is 10.3 Å². The Kier molecular flexibility index (Phi) is 5.29. The van der Waals surface area contributed by atoms with Crippen LogP contribution in [0.4, 0.5) is 5.69 Å². The minimum absolute atomic E-state index is 0.145. The number of aromatic nitrogens is 1. The van der Waals surface area contributed by atoms with Gasteiger partial charge in [0.25, 0.3) is 5.91 Å². The molecule has 128 valence electrons. The lowest BCUT2D eigenvalue weighted by Gasteiger charge is -2.24. The molecule has 25 heavy (non-hydrogen) atoms. The summed E-state index contributed by atoms with van der Waals surface area (Å²) in [6.07, 6.45) is 0. The second-order valence-electron chi connectivity index (χ2n) is 6.46. The fourth-order valence-electron chi connectivity index (χ4n) is 2.69. The fraction of sp³-hybridized carbons (Fsp3) is 0.238. The summed E-state index contributed by atoms with van der Waals surface area (Å²) in [5.74, 6) is 0.233. The van der Waals surface area contributed by atoms with Gasteiger partial charge in [-0.3, -0.25) is 4.79 Å². The molecule has 0 aliphatic carbocycles. The summed E-state index contributed by atoms with van der Waals surface area (Å²) in [5, 5.41) is 7.51. The van der Waals surface area contributed by atoms with Crippen molar-refractivity contribution in [1.29, 1.82) is 0 Å². The Bertz CT molecular complexity index is 846. The number of para-hydroxylation sites is 2. The standard InChI is InChI=1S/C21H23N3O/c1-15(2)20(23-17-9-4-3-5-10-17)14-22-21(25)19-13-12-16-8-6-7-11-18(16)24-19/h3-13,15,20,23H,14H2,1-2H3,(H,22,25). The summed E-state index contributed by atoms with van der Waals surface area (Å²) < 4.78 is 0. The number of hydrogen-bond donors (Lipinski definition) is 2. The third-order valence-electron chi connectivity index (χ3n) is 4.24. The Balaban J connectivity index is 1.66. The molecule has 0 radical (unpaired) electrons. The molecular weight excluding hydrogens is 310 g/mol. The average molecular weight is 333 g/mol. The highest BCUT2D eigenvalue weighted by Gasteiger charge is 2.16. The number of carbonyl (C=O) groups is 1. The summed E-state index contributed by atoms with van der Waals surface area (Å²) in [4.78, 5) is 16.9. The number of nitrogens with one attached hydrogen (secondary N) is 2. The van der Waals surface area contributed by atoms with Crippen molar-refractivity contribution in [3.8, 4) is 0 Å². The highest BCUT2D eigenvalue weighted by Crippen LogP contribution is 2.13. The number of fused-ring (bicyclic) bond motifs is 1. The van der Waals surface area contributed by atoms with E-state index in [1.165, 1.54) is 0 Å². The SMILES string of the molecule is CC(C)C(CNC(=O)c1ccc2ccccc2n1)Nc1ccccc1. The first kappa shape index (κ1) is 17.0. The Morgan fingerprint density at radius 3 is 2.44 bits per heavy atom. The topological polar surface area (TPSA) is 54.0 Å². The predicted octanol–water partition coefficient (Wildman–Crippen LogP) is 4.10. The molecule has 3 aromatic rings. The van der Waals surface area contributed by atoms with E-state index in [4.69, 9.17) is 0 Å². The monoisotopic (exact) mass is 333 g/mol. The molecule has 0 fully saturated rings. The van der Waals surface area contributed by atoms with Crippen LogP contribution in [-0.2, 0) is 0 Å². The van der Waals surface area contributed by atoms with E-state index in [1.54, 1.807) is 6.07 Å². The van der Waals surface area contributed by atoms with Gasteiger partial charge in [-0.1, -0.05) is 56.3 Å². The molecule has 4 heteroatoms. The van der Waals surface area contributed by atoms with Crippen LogP contribution >= 0.6 is 0 Å². The van der Waals surface area contributed by atoms with Gasteiger partial charge in [-0.05, 0) is 30.2 Å². The number of amides is 1. The summed E-state index contributed by atoms with van der Waals surface area (Å²) in [5.41, 5.74) is 2.33. The largest absolute Gasteiger partial charge is 0.380 e. The molecule has 0 aliphatic rings. The van der Waals surface area contributed by atoms with Crippen molar-refractivity contribution in [3.63, 3.8) is 0 Å². The molecule has 4 nitrogen and oxygen atoms in total. The van der Waals surface area contributed by atoms with E-state index < -0.39 is 0 Å². The Hall–Kier alpha value is -2.88. The number of pyridine rings is 1. The summed E-state index contributed by atoms with van der Waals surface area (Å²) in [7, 11) is 0. The summed E-state index contributed by atoms with van der Waals surface area (Å²) in [6, 6.07) is 21.7. The Morgan fingerprint density at radius 2 is 1.68 bits per heavy atom. The van der Waals surface area contributed by atoms with Gasteiger partial charge in [0.2, 0.25) is 0 Å². The van der Waals surface area contributed by atoms with Crippen LogP contribution in [-0.4, -0.2) is 23.5 Å². The van der Waals surface area contributed by atoms with E-state index in [1.807, 2.05) is 60.7 Å². The van der Waals surface area contributed by atoms with Crippen molar-refractivity contribution in [2.24, 2.45) is 5.92 Å². The van der Waals surface area contributed by atoms with E-state index in [-0.39, 0.29) is 11.9 Å². The van der Waals surface area contributed by atoms with Gasteiger partial charge >= 0.3 is 0 Å². The van der Waals surface area contributed by atoms with Gasteiger partial charge in [-0.15, -0.1) is 0 Å². The van der Waals surface area contributed by atoms with Crippen molar-refractivity contribution < 1.29 is 4.79 Å². The van der Waals surface area contributed by atoms with E-state index in [2.05, 4.69) is 29.5 Å². The van der Waals surface area contributed by atoms with Crippen molar-refractivity contribution in [2.75, 3.05) is 11.9 Å². The lowest BCUT2D eigenvalue weighted by Crippen LogP contribution is -2.39. The minimum Gasteiger partial charge on any atom is -0.380 e.